The van der Waals surface area contributed by atoms with Crippen LogP contribution in [-0.4, -0.2) is 11.1 Å². The number of hydrogen-bond donors (Lipinski definition) is 1. The fourth-order valence-corrected chi connectivity index (χ4v) is 1.61. The Hall–Kier alpha value is -1.62. The summed E-state index contributed by atoms with van der Waals surface area (Å²) < 4.78 is 4.60. The van der Waals surface area contributed by atoms with Crippen molar-refractivity contribution in [3.05, 3.63) is 47.9 Å². The van der Waals surface area contributed by atoms with Crippen LogP contribution >= 0.6 is 15.9 Å². The molecule has 0 unspecified atom stereocenters. The van der Waals surface area contributed by atoms with Crippen LogP contribution in [0.1, 0.15) is 16.1 Å². The standard InChI is InChI=1S/C11H9BrN2O2/c12-7-8-2-1-3-9(6-8)13-11(15)10-4-5-16-14-10/h1-6H,7H2,(H,13,15). The van der Waals surface area contributed by atoms with Gasteiger partial charge in [0.1, 0.15) is 6.26 Å². The molecule has 1 aromatic carbocycles. The summed E-state index contributed by atoms with van der Waals surface area (Å²) in [6, 6.07) is 9.09. The smallest absolute Gasteiger partial charge is 0.277 e. The van der Waals surface area contributed by atoms with Crippen LogP contribution < -0.4 is 5.32 Å². The third kappa shape index (κ3) is 2.49. The highest BCUT2D eigenvalue weighted by molar-refractivity contribution is 9.08. The summed E-state index contributed by atoms with van der Waals surface area (Å²) >= 11 is 3.36. The van der Waals surface area contributed by atoms with Crippen LogP contribution in [0.5, 0.6) is 0 Å². The van der Waals surface area contributed by atoms with Crippen LogP contribution in [-0.2, 0) is 5.33 Å². The van der Waals surface area contributed by atoms with Crippen molar-refractivity contribution in [2.24, 2.45) is 0 Å². The normalized spacial score (nSPS) is 10.1. The van der Waals surface area contributed by atoms with E-state index in [1.165, 1.54) is 12.3 Å². The second-order valence-electron chi connectivity index (χ2n) is 3.17. The van der Waals surface area contributed by atoms with Gasteiger partial charge in [0.15, 0.2) is 5.69 Å². The number of amides is 1. The Balaban J connectivity index is 2.12. The quantitative estimate of drug-likeness (QED) is 0.880. The van der Waals surface area contributed by atoms with Gasteiger partial charge in [0, 0.05) is 17.1 Å². The van der Waals surface area contributed by atoms with E-state index in [1.54, 1.807) is 0 Å². The molecule has 0 aliphatic carbocycles. The van der Waals surface area contributed by atoms with Gasteiger partial charge in [0.05, 0.1) is 0 Å². The number of aromatic nitrogens is 1. The molecule has 1 amide bonds. The Morgan fingerprint density at radius 2 is 2.31 bits per heavy atom. The Kier molecular flexibility index (Phi) is 3.36. The lowest BCUT2D eigenvalue weighted by molar-refractivity contribution is 0.101. The minimum Gasteiger partial charge on any atom is -0.364 e. The van der Waals surface area contributed by atoms with Crippen molar-refractivity contribution < 1.29 is 9.32 Å². The van der Waals surface area contributed by atoms with Crippen molar-refractivity contribution in [3.63, 3.8) is 0 Å². The number of rotatable bonds is 3. The van der Waals surface area contributed by atoms with Crippen molar-refractivity contribution in [2.45, 2.75) is 5.33 Å². The molecule has 0 aliphatic rings. The van der Waals surface area contributed by atoms with Crippen molar-refractivity contribution >= 4 is 27.5 Å². The molecule has 0 spiro atoms. The summed E-state index contributed by atoms with van der Waals surface area (Å²) in [4.78, 5) is 11.6. The van der Waals surface area contributed by atoms with Gasteiger partial charge in [-0.2, -0.15) is 0 Å². The Morgan fingerprint density at radius 3 is 3.00 bits per heavy atom. The maximum Gasteiger partial charge on any atom is 0.277 e. The zero-order chi connectivity index (χ0) is 11.4. The van der Waals surface area contributed by atoms with Crippen molar-refractivity contribution in [1.29, 1.82) is 0 Å². The van der Waals surface area contributed by atoms with Crippen molar-refractivity contribution in [1.82, 2.24) is 5.16 Å². The van der Waals surface area contributed by atoms with Gasteiger partial charge in [-0.25, -0.2) is 0 Å². The van der Waals surface area contributed by atoms with Crippen molar-refractivity contribution in [3.8, 4) is 0 Å². The molecule has 0 radical (unpaired) electrons. The molecule has 1 N–H and O–H groups in total. The zero-order valence-corrected chi connectivity index (χ0v) is 9.90. The second kappa shape index (κ2) is 4.94. The summed E-state index contributed by atoms with van der Waals surface area (Å²) in [6.07, 6.45) is 1.36. The molecule has 0 bridgehead atoms. The van der Waals surface area contributed by atoms with Crippen LogP contribution in [0.15, 0.2) is 41.1 Å². The Bertz CT molecular complexity index is 482. The highest BCUT2D eigenvalue weighted by Crippen LogP contribution is 2.13. The molecule has 0 aliphatic heterocycles. The molecule has 4 nitrogen and oxygen atoms in total. The average Bonchev–Trinajstić information content (AvgIpc) is 2.83. The first-order valence-electron chi connectivity index (χ1n) is 4.66. The number of carbonyl (C=O) groups is 1. The van der Waals surface area contributed by atoms with E-state index in [0.717, 1.165) is 16.6 Å². The fourth-order valence-electron chi connectivity index (χ4n) is 1.26. The van der Waals surface area contributed by atoms with E-state index in [2.05, 4.69) is 30.9 Å². The Labute approximate surface area is 101 Å². The van der Waals surface area contributed by atoms with E-state index in [9.17, 15) is 4.79 Å². The van der Waals surface area contributed by atoms with Crippen LogP contribution in [0.4, 0.5) is 5.69 Å². The first-order valence-corrected chi connectivity index (χ1v) is 5.78. The zero-order valence-electron chi connectivity index (χ0n) is 8.31. The van der Waals surface area contributed by atoms with Crippen LogP contribution in [0.25, 0.3) is 0 Å². The molecular formula is C11H9BrN2O2. The predicted molar refractivity (Wildman–Crippen MR) is 63.5 cm³/mol. The average molecular weight is 281 g/mol. The number of benzene rings is 1. The molecule has 0 saturated heterocycles. The number of carbonyl (C=O) groups excluding carboxylic acids is 1. The highest BCUT2D eigenvalue weighted by Gasteiger charge is 2.08. The summed E-state index contributed by atoms with van der Waals surface area (Å²) in [5.41, 5.74) is 2.10. The van der Waals surface area contributed by atoms with E-state index in [1.807, 2.05) is 24.3 Å². The minimum absolute atomic E-state index is 0.268. The second-order valence-corrected chi connectivity index (χ2v) is 3.73. The summed E-state index contributed by atoms with van der Waals surface area (Å²) in [7, 11) is 0. The highest BCUT2D eigenvalue weighted by atomic mass is 79.9. The molecule has 2 aromatic rings. The lowest BCUT2D eigenvalue weighted by Gasteiger charge is -2.03. The maximum absolute atomic E-state index is 11.6. The predicted octanol–water partition coefficient (Wildman–Crippen LogP) is 2.82. The molecule has 82 valence electrons. The first kappa shape index (κ1) is 10.9. The van der Waals surface area contributed by atoms with Gasteiger partial charge in [-0.3, -0.25) is 4.79 Å². The molecule has 5 heteroatoms. The van der Waals surface area contributed by atoms with Gasteiger partial charge in [-0.15, -0.1) is 0 Å². The van der Waals surface area contributed by atoms with Crippen LogP contribution in [0.2, 0.25) is 0 Å². The number of alkyl halides is 1. The molecule has 1 aromatic heterocycles. The van der Waals surface area contributed by atoms with E-state index in [0.29, 0.717) is 0 Å². The van der Waals surface area contributed by atoms with Crippen LogP contribution in [0.3, 0.4) is 0 Å². The van der Waals surface area contributed by atoms with Gasteiger partial charge < -0.3 is 9.84 Å². The fraction of sp³-hybridized carbons (Fsp3) is 0.0909. The third-order valence-corrected chi connectivity index (χ3v) is 2.66. The van der Waals surface area contributed by atoms with E-state index in [4.69, 9.17) is 0 Å². The van der Waals surface area contributed by atoms with E-state index < -0.39 is 0 Å². The lowest BCUT2D eigenvalue weighted by Crippen LogP contribution is -2.12. The van der Waals surface area contributed by atoms with Gasteiger partial charge in [0.2, 0.25) is 0 Å². The van der Waals surface area contributed by atoms with Crippen molar-refractivity contribution in [2.75, 3.05) is 5.32 Å². The SMILES string of the molecule is O=C(Nc1cccc(CBr)c1)c1ccon1. The van der Waals surface area contributed by atoms with Gasteiger partial charge in [0.25, 0.3) is 5.91 Å². The number of nitrogens with zero attached hydrogens (tertiary/aromatic N) is 1. The van der Waals surface area contributed by atoms with Gasteiger partial charge in [-0.05, 0) is 17.7 Å². The number of hydrogen-bond acceptors (Lipinski definition) is 3. The molecule has 2 rings (SSSR count). The third-order valence-electron chi connectivity index (χ3n) is 2.01. The summed E-state index contributed by atoms with van der Waals surface area (Å²) in [5, 5.41) is 7.05. The molecule has 16 heavy (non-hydrogen) atoms. The minimum atomic E-state index is -0.277. The van der Waals surface area contributed by atoms with Gasteiger partial charge >= 0.3 is 0 Å². The number of halogens is 1. The maximum atomic E-state index is 11.6. The Morgan fingerprint density at radius 1 is 1.44 bits per heavy atom. The molecular weight excluding hydrogens is 272 g/mol. The lowest BCUT2D eigenvalue weighted by atomic mass is 10.2. The summed E-state index contributed by atoms with van der Waals surface area (Å²) in [5.74, 6) is -0.277. The first-order chi connectivity index (χ1) is 7.79. The monoisotopic (exact) mass is 280 g/mol. The van der Waals surface area contributed by atoms with E-state index >= 15 is 0 Å². The number of anilines is 1. The molecule has 0 fully saturated rings. The summed E-state index contributed by atoms with van der Waals surface area (Å²) in [6.45, 7) is 0. The van der Waals surface area contributed by atoms with Gasteiger partial charge in [-0.1, -0.05) is 33.2 Å². The topological polar surface area (TPSA) is 55.1 Å². The molecule has 1 heterocycles. The van der Waals surface area contributed by atoms with E-state index in [-0.39, 0.29) is 11.6 Å². The number of nitrogens with one attached hydrogen (secondary N) is 1. The molecule has 0 atom stereocenters. The largest absolute Gasteiger partial charge is 0.364 e. The molecule has 0 saturated carbocycles. The van der Waals surface area contributed by atoms with Crippen LogP contribution in [0, 0.1) is 0 Å².